The number of aryl methyl sites for hydroxylation is 1. The normalized spacial score (nSPS) is 12.1. The van der Waals surface area contributed by atoms with Crippen LogP contribution in [-0.4, -0.2) is 15.7 Å². The number of fused-ring (bicyclic) bond motifs is 1. The van der Waals surface area contributed by atoms with Crippen molar-refractivity contribution >= 4 is 16.7 Å². The van der Waals surface area contributed by atoms with Gasteiger partial charge in [0.2, 0.25) is 5.91 Å². The molecule has 1 atom stereocenters. The van der Waals surface area contributed by atoms with Gasteiger partial charge in [-0.2, -0.15) is 5.10 Å². The van der Waals surface area contributed by atoms with Gasteiger partial charge in [-0.25, -0.2) is 4.68 Å². The Balaban J connectivity index is 1.74. The molecule has 3 aromatic rings. The number of benzene rings is 2. The van der Waals surface area contributed by atoms with E-state index in [1.165, 1.54) is 10.2 Å². The summed E-state index contributed by atoms with van der Waals surface area (Å²) < 4.78 is 1.19. The first-order chi connectivity index (χ1) is 11.5. The molecular weight excluding hydrogens is 302 g/mol. The van der Waals surface area contributed by atoms with Gasteiger partial charge in [-0.3, -0.25) is 9.59 Å². The van der Waals surface area contributed by atoms with E-state index in [1.54, 1.807) is 18.3 Å². The number of rotatable bonds is 4. The van der Waals surface area contributed by atoms with Crippen molar-refractivity contribution in [2.24, 2.45) is 0 Å². The third kappa shape index (κ3) is 3.35. The number of hydrogen-bond acceptors (Lipinski definition) is 3. The molecule has 24 heavy (non-hydrogen) atoms. The molecule has 1 aromatic heterocycles. The average molecular weight is 321 g/mol. The lowest BCUT2D eigenvalue weighted by Crippen LogP contribution is -2.34. The maximum absolute atomic E-state index is 12.4. The SMILES string of the molecule is Cc1ccc(C(C)NC(=O)Cn2ncc3ccccc3c2=O)cc1. The van der Waals surface area contributed by atoms with Crippen LogP contribution in [0, 0.1) is 6.92 Å². The van der Waals surface area contributed by atoms with Gasteiger partial charge in [0.1, 0.15) is 6.54 Å². The van der Waals surface area contributed by atoms with Crippen molar-refractivity contribution in [3.8, 4) is 0 Å². The highest BCUT2D eigenvalue weighted by atomic mass is 16.2. The van der Waals surface area contributed by atoms with Crippen molar-refractivity contribution in [3.05, 3.63) is 76.2 Å². The number of hydrogen-bond donors (Lipinski definition) is 1. The van der Waals surface area contributed by atoms with Crippen LogP contribution in [0.3, 0.4) is 0 Å². The molecule has 0 saturated heterocycles. The average Bonchev–Trinajstić information content (AvgIpc) is 2.58. The molecule has 3 rings (SSSR count). The minimum Gasteiger partial charge on any atom is -0.348 e. The van der Waals surface area contributed by atoms with Gasteiger partial charge < -0.3 is 5.32 Å². The van der Waals surface area contributed by atoms with Gasteiger partial charge in [-0.15, -0.1) is 0 Å². The Kier molecular flexibility index (Phi) is 4.42. The molecule has 1 amide bonds. The largest absolute Gasteiger partial charge is 0.348 e. The van der Waals surface area contributed by atoms with Gasteiger partial charge in [-0.05, 0) is 25.5 Å². The van der Waals surface area contributed by atoms with Gasteiger partial charge in [-0.1, -0.05) is 48.0 Å². The number of nitrogens with one attached hydrogen (secondary N) is 1. The highest BCUT2D eigenvalue weighted by Crippen LogP contribution is 2.13. The Labute approximate surface area is 139 Å². The molecule has 1 unspecified atom stereocenters. The standard InChI is InChI=1S/C19H19N3O2/c1-13-7-9-15(10-8-13)14(2)21-18(23)12-22-19(24)17-6-4-3-5-16(17)11-20-22/h3-11,14H,12H2,1-2H3,(H,21,23). The summed E-state index contributed by atoms with van der Waals surface area (Å²) in [5, 5.41) is 8.31. The number of carbonyl (C=O) groups excluding carboxylic acids is 1. The molecular formula is C19H19N3O2. The van der Waals surface area contributed by atoms with E-state index in [1.807, 2.05) is 50.2 Å². The maximum atomic E-state index is 12.4. The Morgan fingerprint density at radius 3 is 2.62 bits per heavy atom. The second kappa shape index (κ2) is 6.66. The minimum atomic E-state index is -0.258. The molecule has 0 aliphatic heterocycles. The molecule has 0 spiro atoms. The second-order valence-electron chi connectivity index (χ2n) is 5.89. The molecule has 0 fully saturated rings. The predicted molar refractivity (Wildman–Crippen MR) is 93.7 cm³/mol. The summed E-state index contributed by atoms with van der Waals surface area (Å²) in [6, 6.07) is 15.1. The molecule has 0 aliphatic carbocycles. The van der Waals surface area contributed by atoms with E-state index in [2.05, 4.69) is 10.4 Å². The van der Waals surface area contributed by atoms with E-state index < -0.39 is 0 Å². The molecule has 122 valence electrons. The minimum absolute atomic E-state index is 0.0974. The summed E-state index contributed by atoms with van der Waals surface area (Å²) in [6.45, 7) is 3.84. The van der Waals surface area contributed by atoms with Gasteiger partial charge in [0.05, 0.1) is 17.6 Å². The van der Waals surface area contributed by atoms with Crippen LogP contribution in [0.15, 0.2) is 59.5 Å². The highest BCUT2D eigenvalue weighted by molar-refractivity contribution is 5.81. The number of amides is 1. The predicted octanol–water partition coefficient (Wildman–Crippen LogP) is 2.58. The molecule has 2 aromatic carbocycles. The van der Waals surface area contributed by atoms with Crippen LogP contribution in [0.25, 0.3) is 10.8 Å². The molecule has 0 aliphatic rings. The van der Waals surface area contributed by atoms with Crippen LogP contribution in [0.5, 0.6) is 0 Å². The van der Waals surface area contributed by atoms with Crippen LogP contribution >= 0.6 is 0 Å². The number of aromatic nitrogens is 2. The Morgan fingerprint density at radius 2 is 1.88 bits per heavy atom. The van der Waals surface area contributed by atoms with Crippen molar-refractivity contribution in [1.29, 1.82) is 0 Å². The van der Waals surface area contributed by atoms with Crippen LogP contribution < -0.4 is 10.9 Å². The molecule has 5 heteroatoms. The zero-order valence-electron chi connectivity index (χ0n) is 13.7. The lowest BCUT2D eigenvalue weighted by atomic mass is 10.1. The molecule has 1 heterocycles. The van der Waals surface area contributed by atoms with E-state index in [-0.39, 0.29) is 24.1 Å². The second-order valence-corrected chi connectivity index (χ2v) is 5.89. The van der Waals surface area contributed by atoms with E-state index in [0.29, 0.717) is 5.39 Å². The first-order valence-corrected chi connectivity index (χ1v) is 7.85. The van der Waals surface area contributed by atoms with E-state index >= 15 is 0 Å². The Morgan fingerprint density at radius 1 is 1.17 bits per heavy atom. The van der Waals surface area contributed by atoms with Gasteiger partial charge in [0, 0.05) is 5.39 Å². The zero-order chi connectivity index (χ0) is 17.1. The highest BCUT2D eigenvalue weighted by Gasteiger charge is 2.12. The molecule has 0 bridgehead atoms. The van der Waals surface area contributed by atoms with E-state index in [9.17, 15) is 9.59 Å². The van der Waals surface area contributed by atoms with E-state index in [0.717, 1.165) is 10.9 Å². The molecule has 0 radical (unpaired) electrons. The Hall–Kier alpha value is -2.95. The van der Waals surface area contributed by atoms with Gasteiger partial charge >= 0.3 is 0 Å². The molecule has 0 saturated carbocycles. The lowest BCUT2D eigenvalue weighted by molar-refractivity contribution is -0.122. The summed E-state index contributed by atoms with van der Waals surface area (Å²) in [7, 11) is 0. The summed E-state index contributed by atoms with van der Waals surface area (Å²) in [6.07, 6.45) is 1.60. The fourth-order valence-electron chi connectivity index (χ4n) is 2.60. The smallest absolute Gasteiger partial charge is 0.275 e. The molecule has 1 N–H and O–H groups in total. The van der Waals surface area contributed by atoms with Crippen molar-refractivity contribution in [1.82, 2.24) is 15.1 Å². The zero-order valence-corrected chi connectivity index (χ0v) is 13.7. The van der Waals surface area contributed by atoms with Crippen LogP contribution in [-0.2, 0) is 11.3 Å². The Bertz CT molecular complexity index is 929. The summed E-state index contributed by atoms with van der Waals surface area (Å²) in [5.41, 5.74) is 1.93. The van der Waals surface area contributed by atoms with Crippen LogP contribution in [0.2, 0.25) is 0 Å². The quantitative estimate of drug-likeness (QED) is 0.803. The monoisotopic (exact) mass is 321 g/mol. The fraction of sp³-hybridized carbons (Fsp3) is 0.211. The van der Waals surface area contributed by atoms with Crippen molar-refractivity contribution < 1.29 is 4.79 Å². The lowest BCUT2D eigenvalue weighted by Gasteiger charge is -2.15. The summed E-state index contributed by atoms with van der Waals surface area (Å²) >= 11 is 0. The summed E-state index contributed by atoms with van der Waals surface area (Å²) in [5.74, 6) is -0.243. The third-order valence-electron chi connectivity index (χ3n) is 4.01. The third-order valence-corrected chi connectivity index (χ3v) is 4.01. The van der Waals surface area contributed by atoms with Crippen LogP contribution in [0.1, 0.15) is 24.1 Å². The van der Waals surface area contributed by atoms with Crippen LogP contribution in [0.4, 0.5) is 0 Å². The number of nitrogens with zero attached hydrogens (tertiary/aromatic N) is 2. The van der Waals surface area contributed by atoms with Crippen molar-refractivity contribution in [2.75, 3.05) is 0 Å². The first-order valence-electron chi connectivity index (χ1n) is 7.85. The topological polar surface area (TPSA) is 64.0 Å². The molecule has 5 nitrogen and oxygen atoms in total. The van der Waals surface area contributed by atoms with Gasteiger partial charge in [0.15, 0.2) is 0 Å². The maximum Gasteiger partial charge on any atom is 0.275 e. The fourth-order valence-corrected chi connectivity index (χ4v) is 2.60. The van der Waals surface area contributed by atoms with Gasteiger partial charge in [0.25, 0.3) is 5.56 Å². The van der Waals surface area contributed by atoms with Crippen molar-refractivity contribution in [2.45, 2.75) is 26.4 Å². The first kappa shape index (κ1) is 15.9. The van der Waals surface area contributed by atoms with Crippen molar-refractivity contribution in [3.63, 3.8) is 0 Å². The summed E-state index contributed by atoms with van der Waals surface area (Å²) in [4.78, 5) is 24.6. The van der Waals surface area contributed by atoms with E-state index in [4.69, 9.17) is 0 Å². The number of carbonyl (C=O) groups is 1.